The van der Waals surface area contributed by atoms with Gasteiger partial charge >= 0.3 is 0 Å². The van der Waals surface area contributed by atoms with Crippen LogP contribution < -0.4 is 0 Å². The van der Waals surface area contributed by atoms with E-state index in [0.717, 1.165) is 62.1 Å². The van der Waals surface area contributed by atoms with Crippen LogP contribution in [0, 0.1) is 0 Å². The van der Waals surface area contributed by atoms with Gasteiger partial charge < -0.3 is 9.84 Å². The molecule has 0 spiro atoms. The van der Waals surface area contributed by atoms with E-state index >= 15 is 0 Å². The lowest BCUT2D eigenvalue weighted by Crippen LogP contribution is -2.45. The van der Waals surface area contributed by atoms with Gasteiger partial charge in [0.25, 0.3) is 0 Å². The standard InChI is InChI=1S/C23H30BrNO2/c1-2-3-13-23(26,20-9-11-21(24)12-10-20)22(19-7-5-4-6-8-19)18-25-14-16-27-17-15-25/h4-12,22,26H,2-3,13-18H2,1H3. The van der Waals surface area contributed by atoms with E-state index in [2.05, 4.69) is 64.2 Å². The zero-order chi connectivity index (χ0) is 19.1. The fraction of sp³-hybridized carbons (Fsp3) is 0.478. The van der Waals surface area contributed by atoms with Crippen molar-refractivity contribution in [2.45, 2.75) is 37.7 Å². The van der Waals surface area contributed by atoms with E-state index in [1.165, 1.54) is 5.56 Å². The summed E-state index contributed by atoms with van der Waals surface area (Å²) in [6.07, 6.45) is 2.83. The van der Waals surface area contributed by atoms with E-state index in [0.29, 0.717) is 0 Å². The number of rotatable bonds is 8. The van der Waals surface area contributed by atoms with Crippen LogP contribution >= 0.6 is 15.9 Å². The van der Waals surface area contributed by atoms with Crippen molar-refractivity contribution in [1.29, 1.82) is 0 Å². The highest BCUT2D eigenvalue weighted by molar-refractivity contribution is 9.10. The number of hydrogen-bond donors (Lipinski definition) is 1. The van der Waals surface area contributed by atoms with Crippen LogP contribution in [0.15, 0.2) is 59.1 Å². The molecule has 3 rings (SSSR count). The maximum absolute atomic E-state index is 12.1. The van der Waals surface area contributed by atoms with Crippen molar-refractivity contribution in [3.05, 3.63) is 70.2 Å². The zero-order valence-electron chi connectivity index (χ0n) is 16.1. The van der Waals surface area contributed by atoms with Crippen molar-refractivity contribution in [3.63, 3.8) is 0 Å². The summed E-state index contributed by atoms with van der Waals surface area (Å²) in [5, 5.41) is 12.1. The fourth-order valence-corrected chi connectivity index (χ4v) is 4.23. The minimum absolute atomic E-state index is 0.0181. The average molecular weight is 432 g/mol. The molecule has 1 aliphatic rings. The molecule has 146 valence electrons. The molecule has 0 saturated carbocycles. The maximum Gasteiger partial charge on any atom is 0.0977 e. The Morgan fingerprint density at radius 2 is 1.74 bits per heavy atom. The zero-order valence-corrected chi connectivity index (χ0v) is 17.7. The second kappa shape index (κ2) is 9.83. The molecule has 0 aromatic heterocycles. The molecule has 0 radical (unpaired) electrons. The second-order valence-electron chi connectivity index (χ2n) is 7.41. The Morgan fingerprint density at radius 3 is 2.37 bits per heavy atom. The predicted molar refractivity (Wildman–Crippen MR) is 114 cm³/mol. The molecular weight excluding hydrogens is 402 g/mol. The third kappa shape index (κ3) is 5.20. The Bertz CT molecular complexity index is 685. The molecule has 1 heterocycles. The Morgan fingerprint density at radius 1 is 1.07 bits per heavy atom. The Balaban J connectivity index is 1.99. The molecule has 0 aliphatic carbocycles. The van der Waals surface area contributed by atoms with Crippen molar-refractivity contribution >= 4 is 15.9 Å². The third-order valence-corrected chi connectivity index (χ3v) is 6.11. The predicted octanol–water partition coefficient (Wildman–Crippen LogP) is 4.94. The molecule has 3 nitrogen and oxygen atoms in total. The number of aliphatic hydroxyl groups is 1. The maximum atomic E-state index is 12.1. The summed E-state index contributed by atoms with van der Waals surface area (Å²) in [6.45, 7) is 6.41. The van der Waals surface area contributed by atoms with Gasteiger partial charge in [-0.1, -0.05) is 78.2 Å². The second-order valence-corrected chi connectivity index (χ2v) is 8.33. The van der Waals surface area contributed by atoms with Gasteiger partial charge in [0.1, 0.15) is 0 Å². The van der Waals surface area contributed by atoms with E-state index in [9.17, 15) is 5.11 Å². The first-order chi connectivity index (χ1) is 13.1. The van der Waals surface area contributed by atoms with Gasteiger partial charge in [0.15, 0.2) is 0 Å². The van der Waals surface area contributed by atoms with E-state index in [1.807, 2.05) is 18.2 Å². The van der Waals surface area contributed by atoms with Gasteiger partial charge in [0.05, 0.1) is 18.8 Å². The molecule has 4 heteroatoms. The number of unbranched alkanes of at least 4 members (excludes halogenated alkanes) is 1. The Labute approximate surface area is 171 Å². The number of nitrogens with zero attached hydrogens (tertiary/aromatic N) is 1. The molecule has 0 bridgehead atoms. The normalized spacial score (nSPS) is 18.8. The Hall–Kier alpha value is -1.20. The van der Waals surface area contributed by atoms with E-state index in [1.54, 1.807) is 0 Å². The molecule has 1 saturated heterocycles. The first kappa shape index (κ1) is 20.5. The van der Waals surface area contributed by atoms with Crippen LogP contribution in [0.5, 0.6) is 0 Å². The monoisotopic (exact) mass is 431 g/mol. The number of hydrogen-bond acceptors (Lipinski definition) is 3. The van der Waals surface area contributed by atoms with Gasteiger partial charge in [-0.25, -0.2) is 0 Å². The van der Waals surface area contributed by atoms with Crippen LogP contribution in [0.2, 0.25) is 0 Å². The summed E-state index contributed by atoms with van der Waals surface area (Å²) in [7, 11) is 0. The molecule has 1 N–H and O–H groups in total. The third-order valence-electron chi connectivity index (χ3n) is 5.58. The highest BCUT2D eigenvalue weighted by Gasteiger charge is 2.40. The van der Waals surface area contributed by atoms with Gasteiger partial charge in [-0.15, -0.1) is 0 Å². The van der Waals surface area contributed by atoms with Gasteiger partial charge in [0.2, 0.25) is 0 Å². The highest BCUT2D eigenvalue weighted by atomic mass is 79.9. The van der Waals surface area contributed by atoms with Crippen LogP contribution in [0.1, 0.15) is 43.2 Å². The average Bonchev–Trinajstić information content (AvgIpc) is 2.72. The molecule has 1 aliphatic heterocycles. The summed E-state index contributed by atoms with van der Waals surface area (Å²) in [5.41, 5.74) is 1.31. The number of ether oxygens (including phenoxy) is 1. The quantitative estimate of drug-likeness (QED) is 0.641. The van der Waals surface area contributed by atoms with Crippen LogP contribution in [0.25, 0.3) is 0 Å². The van der Waals surface area contributed by atoms with E-state index in [-0.39, 0.29) is 5.92 Å². The minimum atomic E-state index is -0.892. The molecule has 2 aromatic carbocycles. The number of halogens is 1. The summed E-state index contributed by atoms with van der Waals surface area (Å²) in [4.78, 5) is 2.43. The van der Waals surface area contributed by atoms with E-state index < -0.39 is 5.60 Å². The summed E-state index contributed by atoms with van der Waals surface area (Å²) in [5.74, 6) is 0.0181. The summed E-state index contributed by atoms with van der Waals surface area (Å²) in [6, 6.07) is 18.7. The number of morpholine rings is 1. The molecule has 0 amide bonds. The van der Waals surface area contributed by atoms with Crippen molar-refractivity contribution in [1.82, 2.24) is 4.90 Å². The van der Waals surface area contributed by atoms with Gasteiger partial charge in [-0.2, -0.15) is 0 Å². The highest BCUT2D eigenvalue weighted by Crippen LogP contribution is 2.42. The molecular formula is C23H30BrNO2. The molecule has 27 heavy (non-hydrogen) atoms. The first-order valence-electron chi connectivity index (χ1n) is 9.97. The molecule has 2 atom stereocenters. The summed E-state index contributed by atoms with van der Waals surface area (Å²) >= 11 is 3.52. The van der Waals surface area contributed by atoms with Crippen LogP contribution in [-0.4, -0.2) is 42.9 Å². The topological polar surface area (TPSA) is 32.7 Å². The van der Waals surface area contributed by atoms with Gasteiger partial charge in [0, 0.05) is 30.0 Å². The molecule has 1 fully saturated rings. The lowest BCUT2D eigenvalue weighted by molar-refractivity contribution is -0.0293. The van der Waals surface area contributed by atoms with Crippen molar-refractivity contribution in [2.75, 3.05) is 32.8 Å². The van der Waals surface area contributed by atoms with Crippen molar-refractivity contribution in [2.24, 2.45) is 0 Å². The number of benzene rings is 2. The molecule has 2 unspecified atom stereocenters. The summed E-state index contributed by atoms with van der Waals surface area (Å²) < 4.78 is 6.56. The minimum Gasteiger partial charge on any atom is -0.384 e. The lowest BCUT2D eigenvalue weighted by Gasteiger charge is -2.41. The van der Waals surface area contributed by atoms with Crippen molar-refractivity contribution < 1.29 is 9.84 Å². The van der Waals surface area contributed by atoms with Gasteiger partial charge in [-0.3, -0.25) is 4.90 Å². The fourth-order valence-electron chi connectivity index (χ4n) is 3.96. The largest absolute Gasteiger partial charge is 0.384 e. The first-order valence-corrected chi connectivity index (χ1v) is 10.8. The van der Waals surface area contributed by atoms with Crippen molar-refractivity contribution in [3.8, 4) is 0 Å². The SMILES string of the molecule is CCCCC(O)(c1ccc(Br)cc1)C(CN1CCOCC1)c1ccccc1. The lowest BCUT2D eigenvalue weighted by atomic mass is 9.74. The smallest absolute Gasteiger partial charge is 0.0977 e. The van der Waals surface area contributed by atoms with Crippen LogP contribution in [0.3, 0.4) is 0 Å². The van der Waals surface area contributed by atoms with Crippen LogP contribution in [0.4, 0.5) is 0 Å². The molecule has 2 aromatic rings. The van der Waals surface area contributed by atoms with E-state index in [4.69, 9.17) is 4.74 Å². The van der Waals surface area contributed by atoms with Crippen LogP contribution in [-0.2, 0) is 10.3 Å². The van der Waals surface area contributed by atoms with Gasteiger partial charge in [-0.05, 0) is 29.7 Å². The Kier molecular flexibility index (Phi) is 7.48.